The lowest BCUT2D eigenvalue weighted by Gasteiger charge is -2.28. The zero-order valence-corrected chi connectivity index (χ0v) is 14.1. The van der Waals surface area contributed by atoms with E-state index in [0.29, 0.717) is 17.1 Å². The molecule has 25 heavy (non-hydrogen) atoms. The molecule has 1 unspecified atom stereocenters. The molecule has 0 aliphatic carbocycles. The normalized spacial score (nSPS) is 17.0. The standard InChI is InChI=1S/C17H19NO7/c1-9(19)14-15(11-8-10(24-2)4-5-12(11)25-3)18(7-6-13(20)21)17(23)16(14)22/h4-5,8,15,22H,6-7H2,1-3H3,(H,20,21)/p-1. The molecule has 0 fully saturated rings. The number of carboxylic acid groups (broad SMARTS) is 1. The summed E-state index contributed by atoms with van der Waals surface area (Å²) in [5.74, 6) is -2.54. The number of ether oxygens (including phenoxy) is 2. The third kappa shape index (κ3) is 3.42. The molecule has 8 nitrogen and oxygen atoms in total. The molecule has 1 aliphatic heterocycles. The van der Waals surface area contributed by atoms with Crippen molar-refractivity contribution in [3.8, 4) is 11.5 Å². The molecule has 1 aromatic rings. The number of Topliss-reactive ketones (excluding diaryl/α,β-unsaturated/α-hetero) is 1. The van der Waals surface area contributed by atoms with E-state index in [-0.39, 0.29) is 12.1 Å². The molecule has 1 aromatic carbocycles. The molecule has 1 amide bonds. The van der Waals surface area contributed by atoms with E-state index in [2.05, 4.69) is 0 Å². The molecule has 0 saturated carbocycles. The van der Waals surface area contributed by atoms with E-state index >= 15 is 0 Å². The van der Waals surface area contributed by atoms with Crippen LogP contribution in [0.3, 0.4) is 0 Å². The summed E-state index contributed by atoms with van der Waals surface area (Å²) in [5, 5.41) is 20.9. The number of ketones is 1. The van der Waals surface area contributed by atoms with E-state index < -0.39 is 35.9 Å². The summed E-state index contributed by atoms with van der Waals surface area (Å²) in [4.78, 5) is 36.3. The lowest BCUT2D eigenvalue weighted by atomic mass is 9.95. The summed E-state index contributed by atoms with van der Waals surface area (Å²) in [6.45, 7) is 0.994. The van der Waals surface area contributed by atoms with Gasteiger partial charge in [0.15, 0.2) is 11.5 Å². The quantitative estimate of drug-likeness (QED) is 0.744. The van der Waals surface area contributed by atoms with Crippen LogP contribution in [-0.2, 0) is 14.4 Å². The average molecular weight is 348 g/mol. The molecule has 1 aliphatic rings. The van der Waals surface area contributed by atoms with Gasteiger partial charge >= 0.3 is 0 Å². The fourth-order valence-electron chi connectivity index (χ4n) is 2.83. The zero-order chi connectivity index (χ0) is 18.7. The average Bonchev–Trinajstić information content (AvgIpc) is 2.83. The van der Waals surface area contributed by atoms with Crippen molar-refractivity contribution in [1.82, 2.24) is 4.90 Å². The monoisotopic (exact) mass is 348 g/mol. The van der Waals surface area contributed by atoms with Crippen LogP contribution >= 0.6 is 0 Å². The fraction of sp³-hybridized carbons (Fsp3) is 0.353. The van der Waals surface area contributed by atoms with E-state index in [1.54, 1.807) is 18.2 Å². The van der Waals surface area contributed by atoms with Gasteiger partial charge in [-0.3, -0.25) is 9.59 Å². The molecule has 0 radical (unpaired) electrons. The highest BCUT2D eigenvalue weighted by atomic mass is 16.5. The Bertz CT molecular complexity index is 753. The molecule has 0 spiro atoms. The van der Waals surface area contributed by atoms with Gasteiger partial charge in [0.05, 0.1) is 25.8 Å². The first-order chi connectivity index (χ1) is 11.8. The Morgan fingerprint density at radius 2 is 1.96 bits per heavy atom. The van der Waals surface area contributed by atoms with Crippen LogP contribution in [0.25, 0.3) is 0 Å². The van der Waals surface area contributed by atoms with Crippen molar-refractivity contribution in [2.75, 3.05) is 20.8 Å². The lowest BCUT2D eigenvalue weighted by Crippen LogP contribution is -2.35. The molecule has 1 N–H and O–H groups in total. The van der Waals surface area contributed by atoms with Crippen molar-refractivity contribution in [3.63, 3.8) is 0 Å². The second kappa shape index (κ2) is 7.25. The highest BCUT2D eigenvalue weighted by Gasteiger charge is 2.43. The number of amides is 1. The Morgan fingerprint density at radius 1 is 1.28 bits per heavy atom. The maximum Gasteiger partial charge on any atom is 0.290 e. The van der Waals surface area contributed by atoms with Crippen molar-refractivity contribution in [2.45, 2.75) is 19.4 Å². The third-order valence-corrected chi connectivity index (χ3v) is 3.97. The maximum atomic E-state index is 12.4. The number of aliphatic hydroxyl groups is 1. The highest BCUT2D eigenvalue weighted by molar-refractivity contribution is 6.08. The van der Waals surface area contributed by atoms with E-state index in [0.717, 1.165) is 4.90 Å². The van der Waals surface area contributed by atoms with Crippen molar-refractivity contribution < 1.29 is 34.1 Å². The summed E-state index contributed by atoms with van der Waals surface area (Å²) >= 11 is 0. The van der Waals surface area contributed by atoms with Gasteiger partial charge in [-0.15, -0.1) is 0 Å². The number of benzene rings is 1. The summed E-state index contributed by atoms with van der Waals surface area (Å²) in [5.41, 5.74) is 0.290. The molecule has 0 aromatic heterocycles. The van der Waals surface area contributed by atoms with Crippen molar-refractivity contribution in [3.05, 3.63) is 35.1 Å². The minimum absolute atomic E-state index is 0.116. The van der Waals surface area contributed by atoms with Gasteiger partial charge in [0.1, 0.15) is 11.5 Å². The lowest BCUT2D eigenvalue weighted by molar-refractivity contribution is -0.305. The van der Waals surface area contributed by atoms with Gasteiger partial charge in [0.2, 0.25) is 0 Å². The molecule has 0 bridgehead atoms. The van der Waals surface area contributed by atoms with Crippen LogP contribution in [0, 0.1) is 0 Å². The van der Waals surface area contributed by atoms with Crippen LogP contribution in [0.5, 0.6) is 11.5 Å². The Labute approximate surface area is 144 Å². The van der Waals surface area contributed by atoms with Crippen LogP contribution in [0.1, 0.15) is 24.9 Å². The smallest absolute Gasteiger partial charge is 0.290 e. The van der Waals surface area contributed by atoms with Gasteiger partial charge in [-0.1, -0.05) is 0 Å². The second-order valence-electron chi connectivity index (χ2n) is 5.45. The predicted octanol–water partition coefficient (Wildman–Crippen LogP) is 0.128. The maximum absolute atomic E-state index is 12.4. The van der Waals surface area contributed by atoms with Gasteiger partial charge in [-0.25, -0.2) is 0 Å². The van der Waals surface area contributed by atoms with Crippen LogP contribution < -0.4 is 14.6 Å². The van der Waals surface area contributed by atoms with E-state index in [1.165, 1.54) is 21.1 Å². The summed E-state index contributed by atoms with van der Waals surface area (Å²) in [6, 6.07) is 3.84. The fourth-order valence-corrected chi connectivity index (χ4v) is 2.83. The van der Waals surface area contributed by atoms with E-state index in [1.807, 2.05) is 0 Å². The largest absolute Gasteiger partial charge is 0.550 e. The van der Waals surface area contributed by atoms with Gasteiger partial charge in [0.25, 0.3) is 5.91 Å². The van der Waals surface area contributed by atoms with Crippen LogP contribution in [0.2, 0.25) is 0 Å². The SMILES string of the molecule is COc1ccc(OC)c(C2C(C(C)=O)=C(O)C(=O)N2CCC(=O)[O-])c1. The minimum atomic E-state index is -1.35. The number of rotatable bonds is 7. The molecule has 134 valence electrons. The van der Waals surface area contributed by atoms with Crippen LogP contribution in [0.15, 0.2) is 29.5 Å². The number of methoxy groups -OCH3 is 2. The topological polar surface area (TPSA) is 116 Å². The second-order valence-corrected chi connectivity index (χ2v) is 5.45. The van der Waals surface area contributed by atoms with Gasteiger partial charge in [0, 0.05) is 24.5 Å². The van der Waals surface area contributed by atoms with Gasteiger partial charge in [-0.2, -0.15) is 0 Å². The Kier molecular flexibility index (Phi) is 5.31. The molecule has 1 atom stereocenters. The Hall–Kier alpha value is -3.03. The van der Waals surface area contributed by atoms with E-state index in [4.69, 9.17) is 9.47 Å². The first kappa shape index (κ1) is 18.3. The highest BCUT2D eigenvalue weighted by Crippen LogP contribution is 2.42. The number of hydrogen-bond donors (Lipinski definition) is 1. The van der Waals surface area contributed by atoms with Crippen molar-refractivity contribution in [1.29, 1.82) is 0 Å². The first-order valence-electron chi connectivity index (χ1n) is 7.48. The number of hydrogen-bond acceptors (Lipinski definition) is 7. The van der Waals surface area contributed by atoms with Crippen LogP contribution in [0.4, 0.5) is 0 Å². The van der Waals surface area contributed by atoms with Crippen molar-refractivity contribution in [2.24, 2.45) is 0 Å². The molecule has 1 heterocycles. The zero-order valence-electron chi connectivity index (χ0n) is 14.1. The minimum Gasteiger partial charge on any atom is -0.550 e. The van der Waals surface area contributed by atoms with Crippen molar-refractivity contribution >= 4 is 17.7 Å². The summed E-state index contributed by atoms with van der Waals surface area (Å²) in [6.07, 6.45) is -0.438. The first-order valence-corrected chi connectivity index (χ1v) is 7.48. The molecular weight excluding hydrogens is 330 g/mol. The Morgan fingerprint density at radius 3 is 2.48 bits per heavy atom. The predicted molar refractivity (Wildman–Crippen MR) is 84.0 cm³/mol. The molecule has 8 heteroatoms. The third-order valence-electron chi connectivity index (χ3n) is 3.97. The number of nitrogens with zero attached hydrogens (tertiary/aromatic N) is 1. The summed E-state index contributed by atoms with van der Waals surface area (Å²) in [7, 11) is 2.88. The molecular formula is C17H18NO7-. The molecule has 2 rings (SSSR count). The molecule has 0 saturated heterocycles. The van der Waals surface area contributed by atoms with Crippen LogP contribution in [-0.4, -0.2) is 48.4 Å². The van der Waals surface area contributed by atoms with Gasteiger partial charge in [-0.05, 0) is 25.1 Å². The van der Waals surface area contributed by atoms with Gasteiger partial charge < -0.3 is 29.4 Å². The number of aliphatic hydroxyl groups excluding tert-OH is 1. The summed E-state index contributed by atoms with van der Waals surface area (Å²) < 4.78 is 10.5. The number of aliphatic carboxylic acids is 1. The number of carboxylic acids is 1. The number of carbonyl (C=O) groups is 3. The Balaban J connectivity index is 2.60. The van der Waals surface area contributed by atoms with E-state index in [9.17, 15) is 24.6 Å². The number of carbonyl (C=O) groups excluding carboxylic acids is 3.